The second-order valence-corrected chi connectivity index (χ2v) is 9.52. The third kappa shape index (κ3) is 6.13. The van der Waals surface area contributed by atoms with Gasteiger partial charge in [-0.25, -0.2) is 18.1 Å². The molecule has 0 spiro atoms. The van der Waals surface area contributed by atoms with Crippen molar-refractivity contribution in [2.45, 2.75) is 24.8 Å². The van der Waals surface area contributed by atoms with E-state index in [1.165, 1.54) is 42.7 Å². The van der Waals surface area contributed by atoms with E-state index in [0.717, 1.165) is 16.3 Å². The van der Waals surface area contributed by atoms with Crippen LogP contribution in [-0.2, 0) is 14.8 Å². The Hall–Kier alpha value is -2.79. The maximum Gasteiger partial charge on any atom is 0.275 e. The second kappa shape index (κ2) is 10.7. The lowest BCUT2D eigenvalue weighted by atomic mass is 10.2. The Morgan fingerprint density at radius 3 is 2.44 bits per heavy atom. The highest BCUT2D eigenvalue weighted by Crippen LogP contribution is 2.26. The van der Waals surface area contributed by atoms with Gasteiger partial charge in [-0.15, -0.1) is 11.3 Å². The van der Waals surface area contributed by atoms with Gasteiger partial charge in [-0.1, -0.05) is 0 Å². The van der Waals surface area contributed by atoms with E-state index in [9.17, 15) is 13.2 Å². The van der Waals surface area contributed by atoms with Gasteiger partial charge in [0.1, 0.15) is 16.5 Å². The fourth-order valence-electron chi connectivity index (χ4n) is 2.90. The van der Waals surface area contributed by atoms with E-state index < -0.39 is 10.0 Å². The molecule has 0 radical (unpaired) electrons. The van der Waals surface area contributed by atoms with Crippen molar-refractivity contribution in [2.24, 2.45) is 0 Å². The Balaban J connectivity index is 1.65. The Labute approximate surface area is 191 Å². The number of methoxy groups -OCH3 is 1. The predicted molar refractivity (Wildman–Crippen MR) is 125 cm³/mol. The molecule has 2 aromatic carbocycles. The molecule has 1 atom stereocenters. The van der Waals surface area contributed by atoms with E-state index in [4.69, 9.17) is 9.47 Å². The highest BCUT2D eigenvalue weighted by atomic mass is 32.2. The molecule has 0 fully saturated rings. The Bertz CT molecular complexity index is 1140. The minimum Gasteiger partial charge on any atom is -0.494 e. The topological polar surface area (TPSA) is 107 Å². The normalized spacial score (nSPS) is 12.3. The molecule has 0 saturated carbocycles. The lowest BCUT2D eigenvalue weighted by Crippen LogP contribution is -2.35. The summed E-state index contributed by atoms with van der Waals surface area (Å²) in [5.74, 6) is 0.403. The molecule has 170 valence electrons. The van der Waals surface area contributed by atoms with Crippen LogP contribution >= 0.6 is 11.3 Å². The number of nitrogens with one attached hydrogen (secondary N) is 2. The predicted octanol–water partition coefficient (Wildman–Crippen LogP) is 3.77. The van der Waals surface area contributed by atoms with Crippen molar-refractivity contribution in [2.75, 3.05) is 25.6 Å². The molecule has 3 aromatic rings. The van der Waals surface area contributed by atoms with Gasteiger partial charge in [0.15, 0.2) is 0 Å². The molecule has 8 nitrogen and oxygen atoms in total. The van der Waals surface area contributed by atoms with Gasteiger partial charge >= 0.3 is 0 Å². The highest BCUT2D eigenvalue weighted by molar-refractivity contribution is 7.89. The van der Waals surface area contributed by atoms with Gasteiger partial charge in [0.25, 0.3) is 5.91 Å². The van der Waals surface area contributed by atoms with E-state index in [-0.39, 0.29) is 29.1 Å². The average molecular weight is 476 g/mol. The largest absolute Gasteiger partial charge is 0.494 e. The second-order valence-electron chi connectivity index (χ2n) is 6.95. The van der Waals surface area contributed by atoms with Crippen LogP contribution in [0.25, 0.3) is 10.6 Å². The van der Waals surface area contributed by atoms with Crippen molar-refractivity contribution in [3.63, 3.8) is 0 Å². The maximum atomic E-state index is 12.6. The van der Waals surface area contributed by atoms with E-state index in [1.54, 1.807) is 12.3 Å². The molecule has 0 aliphatic rings. The number of nitrogens with zero attached hydrogens (tertiary/aromatic N) is 1. The minimum atomic E-state index is -3.68. The summed E-state index contributed by atoms with van der Waals surface area (Å²) in [7, 11) is -2.17. The number of sulfonamides is 1. The summed E-state index contributed by atoms with van der Waals surface area (Å²) in [6.07, 6.45) is 0. The third-order valence-electron chi connectivity index (χ3n) is 4.34. The number of amides is 1. The number of anilines is 1. The first kappa shape index (κ1) is 23.9. The number of aromatic nitrogens is 1. The molecule has 3 rings (SSSR count). The van der Waals surface area contributed by atoms with Crippen molar-refractivity contribution in [3.05, 3.63) is 59.6 Å². The van der Waals surface area contributed by atoms with E-state index in [2.05, 4.69) is 15.0 Å². The van der Waals surface area contributed by atoms with Crippen molar-refractivity contribution in [1.29, 1.82) is 0 Å². The highest BCUT2D eigenvalue weighted by Gasteiger charge is 2.18. The number of benzene rings is 2. The van der Waals surface area contributed by atoms with Gasteiger partial charge in [-0.05, 0) is 62.4 Å². The van der Waals surface area contributed by atoms with Crippen molar-refractivity contribution in [1.82, 2.24) is 9.71 Å². The summed E-state index contributed by atoms with van der Waals surface area (Å²) < 4.78 is 37.7. The monoisotopic (exact) mass is 475 g/mol. The van der Waals surface area contributed by atoms with Gasteiger partial charge in [-0.3, -0.25) is 4.79 Å². The quantitative estimate of drug-likeness (QED) is 0.462. The number of hydrogen-bond acceptors (Lipinski definition) is 7. The van der Waals surface area contributed by atoms with Crippen LogP contribution < -0.4 is 14.8 Å². The number of hydrogen-bond donors (Lipinski definition) is 2. The van der Waals surface area contributed by atoms with Gasteiger partial charge < -0.3 is 14.8 Å². The summed E-state index contributed by atoms with van der Waals surface area (Å²) in [5.41, 5.74) is 1.64. The Morgan fingerprint density at radius 2 is 1.81 bits per heavy atom. The van der Waals surface area contributed by atoms with E-state index in [1.807, 2.05) is 31.2 Å². The van der Waals surface area contributed by atoms with Crippen molar-refractivity contribution in [3.8, 4) is 16.3 Å². The van der Waals surface area contributed by atoms with E-state index in [0.29, 0.717) is 12.3 Å². The fraction of sp³-hybridized carbons (Fsp3) is 0.273. The molecule has 2 N–H and O–H groups in total. The Morgan fingerprint density at radius 1 is 1.12 bits per heavy atom. The van der Waals surface area contributed by atoms with Crippen LogP contribution in [0.3, 0.4) is 0 Å². The van der Waals surface area contributed by atoms with Crippen molar-refractivity contribution >= 4 is 33.0 Å². The van der Waals surface area contributed by atoms with Gasteiger partial charge in [0, 0.05) is 29.8 Å². The molecule has 10 heteroatoms. The SMILES string of the molecule is CCOc1ccc(-c2nc(C(=O)Nc3ccc(S(=O)(=O)NC(C)COC)cc3)cs2)cc1. The Kier molecular flexibility index (Phi) is 7.97. The lowest BCUT2D eigenvalue weighted by Gasteiger charge is -2.13. The van der Waals surface area contributed by atoms with Crippen LogP contribution in [0.5, 0.6) is 5.75 Å². The zero-order valence-corrected chi connectivity index (χ0v) is 19.6. The summed E-state index contributed by atoms with van der Waals surface area (Å²) in [6, 6.07) is 13.1. The zero-order valence-electron chi connectivity index (χ0n) is 18.0. The molecule has 0 bridgehead atoms. The molecule has 32 heavy (non-hydrogen) atoms. The number of carbonyl (C=O) groups excluding carboxylic acids is 1. The fourth-order valence-corrected chi connectivity index (χ4v) is 4.93. The first-order valence-corrected chi connectivity index (χ1v) is 12.3. The molecule has 0 saturated heterocycles. The van der Waals surface area contributed by atoms with Gasteiger partial charge in [0.2, 0.25) is 10.0 Å². The van der Waals surface area contributed by atoms with Crippen LogP contribution in [0.1, 0.15) is 24.3 Å². The number of carbonyl (C=O) groups is 1. The first-order chi connectivity index (χ1) is 15.3. The number of rotatable bonds is 10. The van der Waals surface area contributed by atoms with E-state index >= 15 is 0 Å². The smallest absolute Gasteiger partial charge is 0.275 e. The summed E-state index contributed by atoms with van der Waals surface area (Å²) in [5, 5.41) is 5.14. The molecular formula is C22H25N3O5S2. The average Bonchev–Trinajstić information content (AvgIpc) is 3.25. The molecule has 1 unspecified atom stereocenters. The van der Waals surface area contributed by atoms with Crippen LogP contribution in [0, 0.1) is 0 Å². The zero-order chi connectivity index (χ0) is 23.1. The molecule has 1 heterocycles. The van der Waals surface area contributed by atoms with Gasteiger partial charge in [0.05, 0.1) is 18.1 Å². The molecular weight excluding hydrogens is 450 g/mol. The molecule has 1 aromatic heterocycles. The number of ether oxygens (including phenoxy) is 2. The van der Waals surface area contributed by atoms with Crippen LogP contribution in [-0.4, -0.2) is 45.7 Å². The summed E-state index contributed by atoms with van der Waals surface area (Å²) in [6.45, 7) is 4.49. The van der Waals surface area contributed by atoms with Crippen molar-refractivity contribution < 1.29 is 22.7 Å². The first-order valence-electron chi connectivity index (χ1n) is 9.94. The lowest BCUT2D eigenvalue weighted by molar-refractivity contribution is 0.102. The van der Waals surface area contributed by atoms with Crippen LogP contribution in [0.2, 0.25) is 0 Å². The standard InChI is InChI=1S/C22H25N3O5S2/c1-4-30-18-9-5-16(6-10-18)22-24-20(14-31-22)21(26)23-17-7-11-19(12-8-17)32(27,28)25-15(2)13-29-3/h5-12,14-15,25H,4,13H2,1-3H3,(H,23,26). The minimum absolute atomic E-state index is 0.102. The third-order valence-corrected chi connectivity index (χ3v) is 6.84. The van der Waals surface area contributed by atoms with Crippen LogP contribution in [0.15, 0.2) is 58.8 Å². The van der Waals surface area contributed by atoms with Crippen LogP contribution in [0.4, 0.5) is 5.69 Å². The summed E-state index contributed by atoms with van der Waals surface area (Å²) in [4.78, 5) is 17.1. The molecule has 0 aliphatic heterocycles. The maximum absolute atomic E-state index is 12.6. The van der Waals surface area contributed by atoms with Gasteiger partial charge in [-0.2, -0.15) is 0 Å². The number of thiazole rings is 1. The molecule has 1 amide bonds. The summed E-state index contributed by atoms with van der Waals surface area (Å²) >= 11 is 1.37. The molecule has 0 aliphatic carbocycles.